The second-order valence-corrected chi connectivity index (χ2v) is 11.4. The van der Waals surface area contributed by atoms with Crippen LogP contribution >= 0.6 is 0 Å². The summed E-state index contributed by atoms with van der Waals surface area (Å²) in [6.07, 6.45) is 0. The van der Waals surface area contributed by atoms with E-state index in [0.29, 0.717) is 11.1 Å². The van der Waals surface area contributed by atoms with E-state index in [-0.39, 0.29) is 5.91 Å². The highest BCUT2D eigenvalue weighted by Gasteiger charge is 2.17. The zero-order valence-corrected chi connectivity index (χ0v) is 14.8. The molecule has 0 aliphatic rings. The molecule has 0 aliphatic carbocycles. The van der Waals surface area contributed by atoms with E-state index in [0.717, 1.165) is 5.69 Å². The number of rotatable bonds is 4. The van der Waals surface area contributed by atoms with E-state index < -0.39 is 14.0 Å². The van der Waals surface area contributed by atoms with Gasteiger partial charge in [0.2, 0.25) is 0 Å². The first kappa shape index (κ1) is 17.0. The van der Waals surface area contributed by atoms with Crippen LogP contribution in [0, 0.1) is 0 Å². The van der Waals surface area contributed by atoms with Crippen molar-refractivity contribution in [3.8, 4) is 0 Å². The summed E-state index contributed by atoms with van der Waals surface area (Å²) >= 11 is 0. The maximum atomic E-state index is 12.3. The first-order valence-electron chi connectivity index (χ1n) is 7.41. The Kier molecular flexibility index (Phi) is 5.01. The Morgan fingerprint density at radius 2 is 1.57 bits per heavy atom. The Labute approximate surface area is 137 Å². The van der Waals surface area contributed by atoms with Gasteiger partial charge in [-0.25, -0.2) is 4.79 Å². The quantitative estimate of drug-likeness (QED) is 0.692. The smallest absolute Gasteiger partial charge is 0.337 e. The molecule has 0 fully saturated rings. The van der Waals surface area contributed by atoms with Crippen molar-refractivity contribution >= 4 is 30.8 Å². The molecule has 0 aromatic heterocycles. The van der Waals surface area contributed by atoms with Gasteiger partial charge in [0, 0.05) is 11.3 Å². The van der Waals surface area contributed by atoms with Gasteiger partial charge in [0.1, 0.15) is 0 Å². The fourth-order valence-corrected chi connectivity index (χ4v) is 3.33. The number of anilines is 1. The number of carbonyl (C=O) groups is 2. The Bertz CT molecular complexity index is 718. The summed E-state index contributed by atoms with van der Waals surface area (Å²) in [6.45, 7) is 6.79. The van der Waals surface area contributed by atoms with E-state index in [1.54, 1.807) is 24.3 Å². The van der Waals surface area contributed by atoms with Gasteiger partial charge in [0.15, 0.2) is 0 Å². The number of hydrogen-bond donors (Lipinski definition) is 1. The lowest BCUT2D eigenvalue weighted by Crippen LogP contribution is -2.37. The summed E-state index contributed by atoms with van der Waals surface area (Å²) in [5.41, 5.74) is 1.70. The van der Waals surface area contributed by atoms with Gasteiger partial charge in [0.25, 0.3) is 5.91 Å². The Hall–Kier alpha value is -2.40. The van der Waals surface area contributed by atoms with Gasteiger partial charge < -0.3 is 10.1 Å². The van der Waals surface area contributed by atoms with Gasteiger partial charge in [-0.1, -0.05) is 37.0 Å². The van der Waals surface area contributed by atoms with Crippen LogP contribution in [0.3, 0.4) is 0 Å². The van der Waals surface area contributed by atoms with Gasteiger partial charge >= 0.3 is 5.97 Å². The van der Waals surface area contributed by atoms with Gasteiger partial charge in [-0.3, -0.25) is 4.79 Å². The average molecular weight is 327 g/mol. The second kappa shape index (κ2) is 6.79. The lowest BCUT2D eigenvalue weighted by Gasteiger charge is -2.17. The van der Waals surface area contributed by atoms with E-state index >= 15 is 0 Å². The van der Waals surface area contributed by atoms with E-state index in [2.05, 4.69) is 35.8 Å². The molecule has 0 radical (unpaired) electrons. The van der Waals surface area contributed by atoms with Crippen LogP contribution in [0.25, 0.3) is 0 Å². The largest absolute Gasteiger partial charge is 0.465 e. The number of benzene rings is 2. The second-order valence-electron chi connectivity index (χ2n) is 6.35. The SMILES string of the molecule is COC(=O)c1ccc(C(=O)Nc2cccc([Si](C)(C)C)c2)cc1. The molecule has 0 spiro atoms. The molecular formula is C18H21NO3Si. The molecule has 2 aromatic rings. The van der Waals surface area contributed by atoms with Crippen molar-refractivity contribution < 1.29 is 14.3 Å². The molecule has 1 amide bonds. The number of amides is 1. The minimum Gasteiger partial charge on any atom is -0.465 e. The van der Waals surface area contributed by atoms with Gasteiger partial charge in [-0.15, -0.1) is 0 Å². The van der Waals surface area contributed by atoms with Gasteiger partial charge in [-0.2, -0.15) is 0 Å². The number of methoxy groups -OCH3 is 1. The van der Waals surface area contributed by atoms with Gasteiger partial charge in [0.05, 0.1) is 20.7 Å². The summed E-state index contributed by atoms with van der Waals surface area (Å²) in [4.78, 5) is 23.7. The summed E-state index contributed by atoms with van der Waals surface area (Å²) in [7, 11) is -0.0942. The monoisotopic (exact) mass is 327 g/mol. The fraction of sp³-hybridized carbons (Fsp3) is 0.222. The van der Waals surface area contributed by atoms with E-state index in [1.807, 2.05) is 18.2 Å². The molecular weight excluding hydrogens is 306 g/mol. The normalized spacial score (nSPS) is 11.0. The molecule has 0 heterocycles. The zero-order valence-electron chi connectivity index (χ0n) is 13.8. The van der Waals surface area contributed by atoms with Gasteiger partial charge in [-0.05, 0) is 36.4 Å². The van der Waals surface area contributed by atoms with Crippen molar-refractivity contribution in [2.45, 2.75) is 19.6 Å². The molecule has 0 atom stereocenters. The van der Waals surface area contributed by atoms with Crippen LogP contribution in [0.15, 0.2) is 48.5 Å². The molecule has 5 heteroatoms. The predicted molar refractivity (Wildman–Crippen MR) is 95.2 cm³/mol. The van der Waals surface area contributed by atoms with Crippen molar-refractivity contribution in [3.63, 3.8) is 0 Å². The molecule has 1 N–H and O–H groups in total. The maximum absolute atomic E-state index is 12.3. The molecule has 0 saturated heterocycles. The number of nitrogens with one attached hydrogen (secondary N) is 1. The third kappa shape index (κ3) is 4.29. The summed E-state index contributed by atoms with van der Waals surface area (Å²) in [6, 6.07) is 14.4. The van der Waals surface area contributed by atoms with Crippen LogP contribution < -0.4 is 10.5 Å². The first-order chi connectivity index (χ1) is 10.8. The Morgan fingerprint density at radius 1 is 0.957 bits per heavy atom. The van der Waals surface area contributed by atoms with Crippen LogP contribution in [-0.4, -0.2) is 27.1 Å². The van der Waals surface area contributed by atoms with Crippen LogP contribution in [0.5, 0.6) is 0 Å². The highest BCUT2D eigenvalue weighted by Crippen LogP contribution is 2.12. The zero-order chi connectivity index (χ0) is 17.0. The molecule has 4 nitrogen and oxygen atoms in total. The minimum atomic E-state index is -1.42. The average Bonchev–Trinajstić information content (AvgIpc) is 2.53. The van der Waals surface area contributed by atoms with Crippen LogP contribution in [-0.2, 0) is 4.74 Å². The Morgan fingerprint density at radius 3 is 2.13 bits per heavy atom. The predicted octanol–water partition coefficient (Wildman–Crippen LogP) is 3.27. The highest BCUT2D eigenvalue weighted by molar-refractivity contribution is 6.88. The third-order valence-electron chi connectivity index (χ3n) is 3.55. The summed E-state index contributed by atoms with van der Waals surface area (Å²) in [5.74, 6) is -0.617. The van der Waals surface area contributed by atoms with Crippen molar-refractivity contribution in [2.75, 3.05) is 12.4 Å². The number of ether oxygens (including phenoxy) is 1. The van der Waals surface area contributed by atoms with E-state index in [1.165, 1.54) is 12.3 Å². The summed E-state index contributed by atoms with van der Waals surface area (Å²) in [5, 5.41) is 4.19. The Balaban J connectivity index is 2.15. The van der Waals surface area contributed by atoms with E-state index in [9.17, 15) is 9.59 Å². The topological polar surface area (TPSA) is 55.4 Å². The molecule has 0 bridgehead atoms. The molecule has 120 valence electrons. The molecule has 23 heavy (non-hydrogen) atoms. The molecule has 0 unspecified atom stereocenters. The summed E-state index contributed by atoms with van der Waals surface area (Å²) < 4.78 is 4.64. The third-order valence-corrected chi connectivity index (χ3v) is 5.60. The van der Waals surface area contributed by atoms with Crippen LogP contribution in [0.2, 0.25) is 19.6 Å². The lowest BCUT2D eigenvalue weighted by molar-refractivity contribution is 0.0600. The molecule has 0 saturated carbocycles. The number of hydrogen-bond acceptors (Lipinski definition) is 3. The van der Waals surface area contributed by atoms with Crippen LogP contribution in [0.1, 0.15) is 20.7 Å². The molecule has 2 aromatic carbocycles. The number of carbonyl (C=O) groups excluding carboxylic acids is 2. The van der Waals surface area contributed by atoms with Crippen molar-refractivity contribution in [3.05, 3.63) is 59.7 Å². The maximum Gasteiger partial charge on any atom is 0.337 e. The fourth-order valence-electron chi connectivity index (χ4n) is 2.14. The first-order valence-corrected chi connectivity index (χ1v) is 10.9. The minimum absolute atomic E-state index is 0.200. The standard InChI is InChI=1S/C18H21NO3Si/c1-22-18(21)14-10-8-13(9-11-14)17(20)19-15-6-5-7-16(12-15)23(2,3)4/h5-12H,1-4H3,(H,19,20). The lowest BCUT2D eigenvalue weighted by atomic mass is 10.1. The van der Waals surface area contributed by atoms with Crippen molar-refractivity contribution in [1.82, 2.24) is 0 Å². The van der Waals surface area contributed by atoms with E-state index in [4.69, 9.17) is 0 Å². The number of esters is 1. The van der Waals surface area contributed by atoms with Crippen LogP contribution in [0.4, 0.5) is 5.69 Å². The molecule has 2 rings (SSSR count). The van der Waals surface area contributed by atoms with Crippen molar-refractivity contribution in [2.24, 2.45) is 0 Å². The highest BCUT2D eigenvalue weighted by atomic mass is 28.3. The van der Waals surface area contributed by atoms with Crippen molar-refractivity contribution in [1.29, 1.82) is 0 Å². The molecule has 0 aliphatic heterocycles.